The summed E-state index contributed by atoms with van der Waals surface area (Å²) in [4.78, 5) is 0.200. The molecule has 8 heteroatoms. The lowest BCUT2D eigenvalue weighted by molar-refractivity contribution is -0.0976. The molecule has 0 aromatic heterocycles. The van der Waals surface area contributed by atoms with Gasteiger partial charge in [0.25, 0.3) is 5.92 Å². The SMILES string of the molecule is N#Cc1cc(F)cc(Oc2ccc(SCF)c3c2CC(F)(F)C3O)c1. The number of rotatable bonds is 4. The molecule has 0 amide bonds. The van der Waals surface area contributed by atoms with Gasteiger partial charge in [0, 0.05) is 28.5 Å². The molecule has 1 aliphatic rings. The molecule has 1 unspecified atom stereocenters. The van der Waals surface area contributed by atoms with Gasteiger partial charge < -0.3 is 9.84 Å². The Morgan fingerprint density at radius 3 is 2.76 bits per heavy atom. The van der Waals surface area contributed by atoms with Crippen LogP contribution in [0.3, 0.4) is 0 Å². The first-order valence-corrected chi connectivity index (χ1v) is 8.13. The van der Waals surface area contributed by atoms with Gasteiger partial charge in [-0.25, -0.2) is 17.6 Å². The van der Waals surface area contributed by atoms with Crippen molar-refractivity contribution >= 4 is 11.8 Å². The van der Waals surface area contributed by atoms with Gasteiger partial charge in [0.05, 0.1) is 11.6 Å². The number of aliphatic hydroxyl groups excluding tert-OH is 1. The van der Waals surface area contributed by atoms with Crippen molar-refractivity contribution in [3.05, 3.63) is 52.8 Å². The summed E-state index contributed by atoms with van der Waals surface area (Å²) < 4.78 is 59.5. The number of alkyl halides is 3. The van der Waals surface area contributed by atoms with E-state index in [2.05, 4.69) is 0 Å². The maximum atomic E-state index is 13.9. The van der Waals surface area contributed by atoms with E-state index in [0.29, 0.717) is 11.8 Å². The van der Waals surface area contributed by atoms with E-state index >= 15 is 0 Å². The van der Waals surface area contributed by atoms with Gasteiger partial charge in [-0.2, -0.15) is 5.26 Å². The zero-order valence-corrected chi connectivity index (χ0v) is 13.4. The summed E-state index contributed by atoms with van der Waals surface area (Å²) in [6.07, 6.45) is -2.85. The largest absolute Gasteiger partial charge is 0.457 e. The minimum atomic E-state index is -3.41. The van der Waals surface area contributed by atoms with E-state index in [-0.39, 0.29) is 33.1 Å². The van der Waals surface area contributed by atoms with Gasteiger partial charge in [0.15, 0.2) is 0 Å². The second-order valence-corrected chi connectivity index (χ2v) is 6.38. The van der Waals surface area contributed by atoms with E-state index in [0.717, 1.165) is 12.1 Å². The maximum absolute atomic E-state index is 13.9. The first-order chi connectivity index (χ1) is 11.9. The first-order valence-electron chi connectivity index (χ1n) is 7.14. The third-order valence-electron chi connectivity index (χ3n) is 3.80. The highest BCUT2D eigenvalue weighted by molar-refractivity contribution is 7.99. The number of nitriles is 1. The number of ether oxygens (including phenoxy) is 1. The Kier molecular flexibility index (Phi) is 4.62. The van der Waals surface area contributed by atoms with Crippen LogP contribution in [0.25, 0.3) is 0 Å². The quantitative estimate of drug-likeness (QED) is 0.625. The molecule has 0 aliphatic heterocycles. The van der Waals surface area contributed by atoms with Crippen LogP contribution in [0, 0.1) is 17.1 Å². The molecule has 25 heavy (non-hydrogen) atoms. The van der Waals surface area contributed by atoms with Crippen LogP contribution in [0.2, 0.25) is 0 Å². The van der Waals surface area contributed by atoms with E-state index in [1.807, 2.05) is 0 Å². The highest BCUT2D eigenvalue weighted by atomic mass is 32.2. The average molecular weight is 369 g/mol. The molecule has 0 spiro atoms. The van der Waals surface area contributed by atoms with Crippen LogP contribution >= 0.6 is 11.8 Å². The van der Waals surface area contributed by atoms with E-state index < -0.39 is 30.3 Å². The molecule has 130 valence electrons. The summed E-state index contributed by atoms with van der Waals surface area (Å²) in [5.74, 6) is -4.15. The lowest BCUT2D eigenvalue weighted by atomic mass is 10.1. The van der Waals surface area contributed by atoms with Crippen LogP contribution in [0.15, 0.2) is 35.2 Å². The molecule has 0 fully saturated rings. The summed E-state index contributed by atoms with van der Waals surface area (Å²) in [6.45, 7) is 0. The maximum Gasteiger partial charge on any atom is 0.281 e. The van der Waals surface area contributed by atoms with Crippen LogP contribution in [-0.2, 0) is 6.42 Å². The predicted octanol–water partition coefficient (Wildman–Crippen LogP) is 4.73. The van der Waals surface area contributed by atoms with E-state index in [1.54, 1.807) is 6.07 Å². The van der Waals surface area contributed by atoms with E-state index in [9.17, 15) is 22.7 Å². The minimum absolute atomic E-state index is 0.00363. The minimum Gasteiger partial charge on any atom is -0.457 e. The molecule has 0 radical (unpaired) electrons. The van der Waals surface area contributed by atoms with Crippen molar-refractivity contribution in [1.29, 1.82) is 5.26 Å². The number of hydrogen-bond donors (Lipinski definition) is 1. The first kappa shape index (κ1) is 17.6. The third kappa shape index (κ3) is 3.30. The molecule has 2 aromatic carbocycles. The zero-order chi connectivity index (χ0) is 18.2. The zero-order valence-electron chi connectivity index (χ0n) is 12.6. The van der Waals surface area contributed by atoms with Crippen molar-refractivity contribution in [2.75, 3.05) is 6.01 Å². The van der Waals surface area contributed by atoms with Gasteiger partial charge in [0.2, 0.25) is 0 Å². The molecule has 0 saturated heterocycles. The second kappa shape index (κ2) is 6.58. The van der Waals surface area contributed by atoms with Crippen LogP contribution < -0.4 is 4.74 Å². The average Bonchev–Trinajstić information content (AvgIpc) is 2.80. The molecule has 0 saturated carbocycles. The van der Waals surface area contributed by atoms with Crippen molar-refractivity contribution in [3.8, 4) is 17.6 Å². The van der Waals surface area contributed by atoms with Gasteiger partial charge in [-0.05, 0) is 24.3 Å². The third-order valence-corrected chi connectivity index (χ3v) is 4.57. The smallest absolute Gasteiger partial charge is 0.281 e. The fourth-order valence-corrected chi connectivity index (χ4v) is 3.41. The van der Waals surface area contributed by atoms with Crippen molar-refractivity contribution in [2.24, 2.45) is 0 Å². The topological polar surface area (TPSA) is 53.2 Å². The van der Waals surface area contributed by atoms with Crippen molar-refractivity contribution in [3.63, 3.8) is 0 Å². The molecule has 3 rings (SSSR count). The molecule has 1 aliphatic carbocycles. The van der Waals surface area contributed by atoms with Crippen molar-refractivity contribution in [1.82, 2.24) is 0 Å². The number of nitrogens with zero attached hydrogens (tertiary/aromatic N) is 1. The van der Waals surface area contributed by atoms with Crippen LogP contribution in [0.5, 0.6) is 11.5 Å². The Morgan fingerprint density at radius 1 is 1.32 bits per heavy atom. The van der Waals surface area contributed by atoms with Gasteiger partial charge >= 0.3 is 0 Å². The van der Waals surface area contributed by atoms with Gasteiger partial charge in [-0.3, -0.25) is 0 Å². The predicted molar refractivity (Wildman–Crippen MR) is 83.1 cm³/mol. The Hall–Kier alpha value is -2.24. The number of halogens is 4. The normalized spacial score (nSPS) is 17.8. The molecule has 0 bridgehead atoms. The lowest BCUT2D eigenvalue weighted by Crippen LogP contribution is -2.21. The Balaban J connectivity index is 2.05. The summed E-state index contributed by atoms with van der Waals surface area (Å²) in [5.41, 5.74) is -0.0256. The molecule has 1 atom stereocenters. The van der Waals surface area contributed by atoms with Crippen LogP contribution in [0.4, 0.5) is 17.6 Å². The summed E-state index contributed by atoms with van der Waals surface area (Å²) in [5, 5.41) is 18.8. The molecule has 3 nitrogen and oxygen atoms in total. The molecule has 2 aromatic rings. The van der Waals surface area contributed by atoms with Gasteiger partial charge in [-0.1, -0.05) is 11.8 Å². The van der Waals surface area contributed by atoms with Crippen LogP contribution in [0.1, 0.15) is 22.8 Å². The number of thioether (sulfide) groups is 1. The highest BCUT2D eigenvalue weighted by Gasteiger charge is 2.49. The molecule has 0 heterocycles. The second-order valence-electron chi connectivity index (χ2n) is 5.44. The monoisotopic (exact) mass is 369 g/mol. The summed E-state index contributed by atoms with van der Waals surface area (Å²) in [7, 11) is 0. The number of hydrogen-bond acceptors (Lipinski definition) is 4. The molecular weight excluding hydrogens is 358 g/mol. The molecular formula is C17H11F4NO2S. The number of aliphatic hydroxyl groups is 1. The fraction of sp³-hybridized carbons (Fsp3) is 0.235. The highest BCUT2D eigenvalue weighted by Crippen LogP contribution is 2.50. The Morgan fingerprint density at radius 2 is 2.08 bits per heavy atom. The Labute approximate surface area is 144 Å². The standard InChI is InChI=1S/C17H11F4NO2S/c18-8-25-14-2-1-13(12-6-17(20,21)16(23)15(12)14)24-11-4-9(7-22)3-10(19)5-11/h1-5,16,23H,6,8H2. The number of benzene rings is 2. The summed E-state index contributed by atoms with van der Waals surface area (Å²) >= 11 is 0.690. The van der Waals surface area contributed by atoms with Crippen LogP contribution in [-0.4, -0.2) is 17.0 Å². The molecule has 1 N–H and O–H groups in total. The van der Waals surface area contributed by atoms with Gasteiger partial charge in [0.1, 0.15) is 29.4 Å². The van der Waals surface area contributed by atoms with E-state index in [1.165, 1.54) is 18.2 Å². The van der Waals surface area contributed by atoms with E-state index in [4.69, 9.17) is 10.00 Å². The number of fused-ring (bicyclic) bond motifs is 1. The summed E-state index contributed by atoms with van der Waals surface area (Å²) in [6, 6.07) is 6.96. The van der Waals surface area contributed by atoms with Crippen molar-refractivity contribution in [2.45, 2.75) is 23.3 Å². The lowest BCUT2D eigenvalue weighted by Gasteiger charge is -2.15. The van der Waals surface area contributed by atoms with Gasteiger partial charge in [-0.15, -0.1) is 0 Å². The Bertz CT molecular complexity index is 866. The van der Waals surface area contributed by atoms with Crippen molar-refractivity contribution < 1.29 is 27.4 Å². The fourth-order valence-electron chi connectivity index (χ4n) is 2.74.